The molecule has 1 fully saturated rings. The van der Waals surface area contributed by atoms with Crippen LogP contribution in [0.4, 0.5) is 11.5 Å². The fraction of sp³-hybridized carbons (Fsp3) is 0.400. The van der Waals surface area contributed by atoms with Crippen molar-refractivity contribution in [2.75, 3.05) is 19.0 Å². The van der Waals surface area contributed by atoms with E-state index in [1.165, 1.54) is 13.5 Å². The highest BCUT2D eigenvalue weighted by Gasteiger charge is 2.27. The lowest BCUT2D eigenvalue weighted by molar-refractivity contribution is 0.0592. The summed E-state index contributed by atoms with van der Waals surface area (Å²) in [4.78, 5) is 26.3. The number of carbonyl (C=O) groups is 2. The number of nitrogens with one attached hydrogen (secondary N) is 1. The molecule has 142 valence electrons. The number of carbonyl (C=O) groups excluding carboxylic acids is 2. The van der Waals surface area contributed by atoms with Crippen molar-refractivity contribution >= 4 is 23.4 Å². The van der Waals surface area contributed by atoms with Crippen molar-refractivity contribution in [1.29, 1.82) is 0 Å². The van der Waals surface area contributed by atoms with Gasteiger partial charge in [0, 0.05) is 18.3 Å². The normalized spacial score (nSPS) is 16.7. The number of piperidine rings is 1. The molecule has 0 spiro atoms. The van der Waals surface area contributed by atoms with Crippen LogP contribution in [0.2, 0.25) is 0 Å². The highest BCUT2D eigenvalue weighted by molar-refractivity contribution is 5.92. The minimum atomic E-state index is -0.405. The number of aromatic nitrogens is 2. The number of amides is 1. The first-order valence-electron chi connectivity index (χ1n) is 9.22. The van der Waals surface area contributed by atoms with E-state index >= 15 is 0 Å². The second kappa shape index (κ2) is 8.62. The fourth-order valence-electron chi connectivity index (χ4n) is 3.34. The molecule has 0 aliphatic carbocycles. The molecular weight excluding hydrogens is 344 g/mol. The summed E-state index contributed by atoms with van der Waals surface area (Å²) in [6.07, 6.45) is 4.20. The van der Waals surface area contributed by atoms with E-state index in [9.17, 15) is 9.59 Å². The Balaban J connectivity index is 1.70. The largest absolute Gasteiger partial charge is 0.465 e. The number of likely N-dealkylation sites (tertiary alicyclic amines) is 1. The van der Waals surface area contributed by atoms with Crippen LogP contribution in [0.1, 0.15) is 53.5 Å². The summed E-state index contributed by atoms with van der Waals surface area (Å²) < 4.78 is 4.72. The van der Waals surface area contributed by atoms with E-state index in [-0.39, 0.29) is 11.9 Å². The molecule has 3 rings (SSSR count). The monoisotopic (exact) mass is 368 g/mol. The summed E-state index contributed by atoms with van der Waals surface area (Å²) >= 11 is 0. The highest BCUT2D eigenvalue weighted by atomic mass is 16.5. The van der Waals surface area contributed by atoms with E-state index in [4.69, 9.17) is 4.74 Å². The average molecular weight is 368 g/mol. The van der Waals surface area contributed by atoms with Crippen molar-refractivity contribution in [1.82, 2.24) is 15.1 Å². The molecule has 1 amide bonds. The quantitative estimate of drug-likeness (QED) is 0.814. The Labute approximate surface area is 158 Å². The summed E-state index contributed by atoms with van der Waals surface area (Å²) in [5, 5.41) is 11.3. The molecule has 1 aromatic carbocycles. The molecule has 7 heteroatoms. The van der Waals surface area contributed by atoms with Gasteiger partial charge in [-0.2, -0.15) is 0 Å². The standard InChI is InChI=1S/C20H24N4O3/c1-3-16-9-4-5-12-24(16)19(25)17-10-11-18(23-22-17)21-15-8-6-7-14(13-15)20(26)27-2/h6-8,10-11,13,16H,3-5,9,12H2,1-2H3,(H,21,23). The summed E-state index contributed by atoms with van der Waals surface area (Å²) in [6.45, 7) is 2.89. The lowest BCUT2D eigenvalue weighted by Crippen LogP contribution is -2.43. The lowest BCUT2D eigenvalue weighted by Gasteiger charge is -2.34. The second-order valence-electron chi connectivity index (χ2n) is 6.56. The van der Waals surface area contributed by atoms with Crippen molar-refractivity contribution in [2.45, 2.75) is 38.6 Å². The van der Waals surface area contributed by atoms with Crippen LogP contribution < -0.4 is 5.32 Å². The maximum Gasteiger partial charge on any atom is 0.337 e. The summed E-state index contributed by atoms with van der Waals surface area (Å²) in [7, 11) is 1.34. The zero-order chi connectivity index (χ0) is 19.2. The predicted octanol–water partition coefficient (Wildman–Crippen LogP) is 3.41. The van der Waals surface area contributed by atoms with Gasteiger partial charge in [-0.05, 0) is 56.0 Å². The molecule has 7 nitrogen and oxygen atoms in total. The van der Waals surface area contributed by atoms with Crippen LogP contribution in [0.5, 0.6) is 0 Å². The van der Waals surface area contributed by atoms with Gasteiger partial charge in [0.05, 0.1) is 12.7 Å². The molecule has 27 heavy (non-hydrogen) atoms. The third-order valence-electron chi connectivity index (χ3n) is 4.80. The third-order valence-corrected chi connectivity index (χ3v) is 4.80. The molecule has 0 radical (unpaired) electrons. The smallest absolute Gasteiger partial charge is 0.337 e. The molecule has 1 aliphatic heterocycles. The van der Waals surface area contributed by atoms with Crippen LogP contribution in [0.15, 0.2) is 36.4 Å². The van der Waals surface area contributed by atoms with Crippen molar-refractivity contribution in [3.05, 3.63) is 47.7 Å². The van der Waals surface area contributed by atoms with Gasteiger partial charge >= 0.3 is 5.97 Å². The average Bonchev–Trinajstić information content (AvgIpc) is 2.73. The van der Waals surface area contributed by atoms with Gasteiger partial charge in [-0.1, -0.05) is 13.0 Å². The molecule has 1 N–H and O–H groups in total. The SMILES string of the molecule is CCC1CCCCN1C(=O)c1ccc(Nc2cccc(C(=O)OC)c2)nn1. The number of ether oxygens (including phenoxy) is 1. The Bertz CT molecular complexity index is 807. The van der Waals surface area contributed by atoms with Crippen molar-refractivity contribution in [2.24, 2.45) is 0 Å². The van der Waals surface area contributed by atoms with Crippen LogP contribution >= 0.6 is 0 Å². The third kappa shape index (κ3) is 4.42. The van der Waals surface area contributed by atoms with Gasteiger partial charge in [0.1, 0.15) is 0 Å². The molecule has 1 aromatic heterocycles. The molecule has 1 atom stereocenters. The van der Waals surface area contributed by atoms with E-state index in [1.807, 2.05) is 11.0 Å². The number of anilines is 2. The van der Waals surface area contributed by atoms with E-state index in [0.29, 0.717) is 22.8 Å². The Morgan fingerprint density at radius 2 is 2.07 bits per heavy atom. The second-order valence-corrected chi connectivity index (χ2v) is 6.56. The highest BCUT2D eigenvalue weighted by Crippen LogP contribution is 2.22. The van der Waals surface area contributed by atoms with Gasteiger partial charge in [0.15, 0.2) is 11.5 Å². The van der Waals surface area contributed by atoms with Crippen LogP contribution in [0, 0.1) is 0 Å². The minimum Gasteiger partial charge on any atom is -0.465 e. The van der Waals surface area contributed by atoms with Crippen molar-refractivity contribution in [3.8, 4) is 0 Å². The topological polar surface area (TPSA) is 84.4 Å². The van der Waals surface area contributed by atoms with Gasteiger partial charge in [-0.25, -0.2) is 4.79 Å². The molecule has 2 heterocycles. The van der Waals surface area contributed by atoms with Gasteiger partial charge < -0.3 is 15.0 Å². The lowest BCUT2D eigenvalue weighted by atomic mass is 9.99. The zero-order valence-electron chi connectivity index (χ0n) is 15.6. The van der Waals surface area contributed by atoms with E-state index in [1.54, 1.807) is 30.3 Å². The molecule has 1 aliphatic rings. The number of hydrogen-bond donors (Lipinski definition) is 1. The first kappa shape index (κ1) is 18.8. The number of esters is 1. The molecular formula is C20H24N4O3. The fourth-order valence-corrected chi connectivity index (χ4v) is 3.34. The van der Waals surface area contributed by atoms with E-state index < -0.39 is 5.97 Å². The van der Waals surface area contributed by atoms with Gasteiger partial charge in [-0.3, -0.25) is 4.79 Å². The Morgan fingerprint density at radius 1 is 1.22 bits per heavy atom. The predicted molar refractivity (Wildman–Crippen MR) is 102 cm³/mol. The van der Waals surface area contributed by atoms with Crippen LogP contribution in [0.25, 0.3) is 0 Å². The first-order chi connectivity index (χ1) is 13.1. The van der Waals surface area contributed by atoms with Crippen LogP contribution in [-0.2, 0) is 4.74 Å². The molecule has 0 saturated carbocycles. The minimum absolute atomic E-state index is 0.0618. The van der Waals surface area contributed by atoms with E-state index in [2.05, 4.69) is 22.4 Å². The Kier molecular flexibility index (Phi) is 6.01. The maximum absolute atomic E-state index is 12.7. The number of nitrogens with zero attached hydrogens (tertiary/aromatic N) is 3. The van der Waals surface area contributed by atoms with Crippen LogP contribution in [-0.4, -0.2) is 46.7 Å². The molecule has 1 saturated heterocycles. The zero-order valence-corrected chi connectivity index (χ0v) is 15.6. The molecule has 2 aromatic rings. The Morgan fingerprint density at radius 3 is 2.78 bits per heavy atom. The maximum atomic E-state index is 12.7. The summed E-state index contributed by atoms with van der Waals surface area (Å²) in [6, 6.07) is 10.6. The van der Waals surface area contributed by atoms with Crippen molar-refractivity contribution < 1.29 is 14.3 Å². The molecule has 1 unspecified atom stereocenters. The van der Waals surface area contributed by atoms with Crippen LogP contribution in [0.3, 0.4) is 0 Å². The van der Waals surface area contributed by atoms with Gasteiger partial charge in [0.2, 0.25) is 0 Å². The summed E-state index contributed by atoms with van der Waals surface area (Å²) in [5.74, 6) is 0.0326. The van der Waals surface area contributed by atoms with Gasteiger partial charge in [0.25, 0.3) is 5.91 Å². The van der Waals surface area contributed by atoms with Crippen molar-refractivity contribution in [3.63, 3.8) is 0 Å². The number of hydrogen-bond acceptors (Lipinski definition) is 6. The number of methoxy groups -OCH3 is 1. The van der Waals surface area contributed by atoms with E-state index in [0.717, 1.165) is 25.8 Å². The first-order valence-corrected chi connectivity index (χ1v) is 9.22. The number of benzene rings is 1. The van der Waals surface area contributed by atoms with Gasteiger partial charge in [-0.15, -0.1) is 10.2 Å². The summed E-state index contributed by atoms with van der Waals surface area (Å²) in [5.41, 5.74) is 1.48. The molecule has 0 bridgehead atoms. The number of rotatable bonds is 5. The Hall–Kier alpha value is -2.96.